The summed E-state index contributed by atoms with van der Waals surface area (Å²) in [5.41, 5.74) is 0.176. The molecule has 0 saturated heterocycles. The van der Waals surface area contributed by atoms with Crippen LogP contribution in [0.15, 0.2) is 24.8 Å². The van der Waals surface area contributed by atoms with Crippen molar-refractivity contribution in [1.82, 2.24) is 0 Å². The number of allylic oxidation sites excluding steroid dienone is 1. The Morgan fingerprint density at radius 2 is 1.93 bits per heavy atom. The van der Waals surface area contributed by atoms with E-state index in [4.69, 9.17) is 9.22 Å². The second kappa shape index (κ2) is 8.64. The molecule has 0 aliphatic heterocycles. The van der Waals surface area contributed by atoms with Gasteiger partial charge in [0.2, 0.25) is 0 Å². The van der Waals surface area contributed by atoms with Gasteiger partial charge in [0.05, 0.1) is 0 Å². The summed E-state index contributed by atoms with van der Waals surface area (Å²) in [5.74, 6) is -0.935. The molecule has 0 rings (SSSR count). The summed E-state index contributed by atoms with van der Waals surface area (Å²) in [6.45, 7) is 14.9. The van der Waals surface area contributed by atoms with E-state index in [1.54, 1.807) is 0 Å². The molecule has 0 amide bonds. The minimum Gasteiger partial charge on any atom is -0.478 e. The van der Waals surface area contributed by atoms with Crippen molar-refractivity contribution >= 4 is 24.0 Å². The highest BCUT2D eigenvalue weighted by Gasteiger charge is 2.11. The van der Waals surface area contributed by atoms with Crippen molar-refractivity contribution in [3.8, 4) is 0 Å². The molecule has 0 spiro atoms. The third-order valence-corrected chi connectivity index (χ3v) is 6.15. The van der Waals surface area contributed by atoms with Gasteiger partial charge in [-0.05, 0) is 32.6 Å². The third-order valence-electron chi connectivity index (χ3n) is 1.22. The van der Waals surface area contributed by atoms with Crippen molar-refractivity contribution in [2.24, 2.45) is 0 Å². The van der Waals surface area contributed by atoms with Crippen molar-refractivity contribution in [3.05, 3.63) is 24.8 Å². The standard InChI is InChI=1S/C6H16OSi2.C4H6O2/c1-5-6-8-7-9(2,3)4;1-3(2)4(5)6/h5H,1,6,8H2,2-4H3;1H2,2H3,(H,5,6). The molecule has 0 heterocycles. The minimum atomic E-state index is -1.18. The van der Waals surface area contributed by atoms with E-state index in [9.17, 15) is 4.79 Å². The molecule has 0 fully saturated rings. The first-order valence-corrected chi connectivity index (χ1v) is 9.83. The lowest BCUT2D eigenvalue weighted by Gasteiger charge is -2.16. The molecule has 0 aromatic heterocycles. The van der Waals surface area contributed by atoms with Crippen LogP contribution in [-0.4, -0.2) is 29.2 Å². The van der Waals surface area contributed by atoms with Crippen LogP contribution in [0, 0.1) is 0 Å². The summed E-state index contributed by atoms with van der Waals surface area (Å²) in [5, 5.41) is 7.89. The molecule has 1 N–H and O–H groups in total. The van der Waals surface area contributed by atoms with Crippen LogP contribution in [0.25, 0.3) is 0 Å². The zero-order valence-corrected chi connectivity index (χ0v) is 12.6. The van der Waals surface area contributed by atoms with Gasteiger partial charge < -0.3 is 9.22 Å². The lowest BCUT2D eigenvalue weighted by molar-refractivity contribution is -0.132. The highest BCUT2D eigenvalue weighted by Crippen LogP contribution is 2.01. The van der Waals surface area contributed by atoms with Crippen LogP contribution in [0.1, 0.15) is 6.92 Å². The largest absolute Gasteiger partial charge is 0.478 e. The predicted octanol–water partition coefficient (Wildman–Crippen LogP) is 2.17. The number of hydrogen-bond donors (Lipinski definition) is 1. The highest BCUT2D eigenvalue weighted by molar-refractivity contribution is 6.73. The van der Waals surface area contributed by atoms with Gasteiger partial charge in [-0.25, -0.2) is 4.79 Å². The summed E-state index contributed by atoms with van der Waals surface area (Å²) in [4.78, 5) is 9.60. The Labute approximate surface area is 95.9 Å². The summed E-state index contributed by atoms with van der Waals surface area (Å²) >= 11 is 0. The number of aliphatic carboxylic acids is 1. The van der Waals surface area contributed by atoms with Crippen LogP contribution < -0.4 is 0 Å². The van der Waals surface area contributed by atoms with Crippen molar-refractivity contribution in [3.63, 3.8) is 0 Å². The molecule has 0 atom stereocenters. The van der Waals surface area contributed by atoms with E-state index < -0.39 is 14.3 Å². The molecule has 0 aromatic carbocycles. The Bertz CT molecular complexity index is 207. The first kappa shape index (κ1) is 16.8. The average molecular weight is 246 g/mol. The van der Waals surface area contributed by atoms with Gasteiger partial charge in [0, 0.05) is 5.57 Å². The van der Waals surface area contributed by atoms with E-state index in [0.717, 1.165) is 6.04 Å². The van der Waals surface area contributed by atoms with Crippen LogP contribution in [0.2, 0.25) is 25.7 Å². The quantitative estimate of drug-likeness (QED) is 0.350. The maximum Gasteiger partial charge on any atom is 0.330 e. The van der Waals surface area contributed by atoms with Crippen LogP contribution >= 0.6 is 0 Å². The van der Waals surface area contributed by atoms with Gasteiger partial charge in [-0.15, -0.1) is 6.58 Å². The fraction of sp³-hybridized carbons (Fsp3) is 0.500. The van der Waals surface area contributed by atoms with Crippen LogP contribution in [0.5, 0.6) is 0 Å². The van der Waals surface area contributed by atoms with Crippen molar-refractivity contribution in [1.29, 1.82) is 0 Å². The predicted molar refractivity (Wildman–Crippen MR) is 70.4 cm³/mol. The Morgan fingerprint density at radius 1 is 1.53 bits per heavy atom. The molecule has 88 valence electrons. The molecular weight excluding hydrogens is 224 g/mol. The summed E-state index contributed by atoms with van der Waals surface area (Å²) in [6.07, 6.45) is 1.95. The third kappa shape index (κ3) is 19.7. The molecule has 5 heteroatoms. The molecule has 0 unspecified atom stereocenters. The normalized spacial score (nSPS) is 10.7. The summed E-state index contributed by atoms with van der Waals surface area (Å²) in [6, 6.07) is 1.12. The smallest absolute Gasteiger partial charge is 0.330 e. The molecule has 0 bridgehead atoms. The second-order valence-electron chi connectivity index (χ2n) is 4.12. The van der Waals surface area contributed by atoms with Crippen LogP contribution in [-0.2, 0) is 8.91 Å². The van der Waals surface area contributed by atoms with Gasteiger partial charge in [0.25, 0.3) is 0 Å². The van der Waals surface area contributed by atoms with Crippen molar-refractivity contribution < 1.29 is 14.0 Å². The van der Waals surface area contributed by atoms with Crippen LogP contribution in [0.4, 0.5) is 0 Å². The van der Waals surface area contributed by atoms with Crippen LogP contribution in [0.3, 0.4) is 0 Å². The average Bonchev–Trinajstić information content (AvgIpc) is 2.03. The molecule has 0 aliphatic rings. The maximum atomic E-state index is 9.60. The first-order chi connectivity index (χ1) is 6.70. The number of carboxylic acid groups (broad SMARTS) is 1. The number of carbonyl (C=O) groups is 1. The van der Waals surface area contributed by atoms with E-state index in [0.29, 0.717) is 0 Å². The van der Waals surface area contributed by atoms with Gasteiger partial charge in [-0.2, -0.15) is 0 Å². The summed E-state index contributed by atoms with van der Waals surface area (Å²) in [7, 11) is -1.43. The number of carboxylic acids is 1. The lowest BCUT2D eigenvalue weighted by atomic mass is 10.4. The molecular formula is C10H22O3Si2. The van der Waals surface area contributed by atoms with E-state index in [2.05, 4.69) is 32.8 Å². The first-order valence-electron chi connectivity index (χ1n) is 4.84. The second-order valence-corrected chi connectivity index (χ2v) is 10.5. The fourth-order valence-corrected chi connectivity index (χ4v) is 3.54. The summed E-state index contributed by atoms with van der Waals surface area (Å²) < 4.78 is 5.68. The highest BCUT2D eigenvalue weighted by atomic mass is 28.4. The van der Waals surface area contributed by atoms with Crippen molar-refractivity contribution in [2.75, 3.05) is 0 Å². The molecule has 0 saturated carbocycles. The zero-order chi connectivity index (χ0) is 12.5. The van der Waals surface area contributed by atoms with E-state index in [-0.39, 0.29) is 15.3 Å². The Hall–Kier alpha value is -0.656. The van der Waals surface area contributed by atoms with Crippen molar-refractivity contribution in [2.45, 2.75) is 32.6 Å². The van der Waals surface area contributed by atoms with E-state index >= 15 is 0 Å². The van der Waals surface area contributed by atoms with Gasteiger partial charge in [-0.3, -0.25) is 0 Å². The Morgan fingerprint density at radius 3 is 2.13 bits per heavy atom. The molecule has 3 nitrogen and oxygen atoms in total. The van der Waals surface area contributed by atoms with Gasteiger partial charge in [0.1, 0.15) is 9.76 Å². The zero-order valence-electron chi connectivity index (χ0n) is 10.2. The molecule has 0 radical (unpaired) electrons. The fourth-order valence-electron chi connectivity index (χ4n) is 0.448. The van der Waals surface area contributed by atoms with Gasteiger partial charge in [0.15, 0.2) is 8.32 Å². The Kier molecular flexibility index (Phi) is 9.65. The topological polar surface area (TPSA) is 46.5 Å². The monoisotopic (exact) mass is 246 g/mol. The molecule has 0 aliphatic carbocycles. The maximum absolute atomic E-state index is 9.60. The number of rotatable bonds is 5. The van der Waals surface area contributed by atoms with Gasteiger partial charge >= 0.3 is 5.97 Å². The lowest BCUT2D eigenvalue weighted by Crippen LogP contribution is -2.26. The van der Waals surface area contributed by atoms with Gasteiger partial charge in [-0.1, -0.05) is 12.7 Å². The molecule has 15 heavy (non-hydrogen) atoms. The minimum absolute atomic E-state index is 0.176. The van der Waals surface area contributed by atoms with E-state index in [1.165, 1.54) is 6.92 Å². The number of hydrogen-bond acceptors (Lipinski definition) is 2. The SMILES string of the molecule is C=C(C)C(=O)O.C=CC[SiH2]O[Si](C)(C)C. The Balaban J connectivity index is 0. The molecule has 0 aromatic rings. The van der Waals surface area contributed by atoms with E-state index in [1.807, 2.05) is 6.08 Å².